The van der Waals surface area contributed by atoms with E-state index in [1.165, 1.54) is 11.3 Å². The Kier molecular flexibility index (Phi) is 1.47. The van der Waals surface area contributed by atoms with Gasteiger partial charge in [0, 0.05) is 11.9 Å². The zero-order valence-electron chi connectivity index (χ0n) is 5.77. The van der Waals surface area contributed by atoms with Gasteiger partial charge in [-0.25, -0.2) is 0 Å². The fourth-order valence-corrected chi connectivity index (χ4v) is 1.45. The summed E-state index contributed by atoms with van der Waals surface area (Å²) in [4.78, 5) is 0. The smallest absolute Gasteiger partial charge is 0.216 e. The number of aromatic nitrogens is 3. The van der Waals surface area contributed by atoms with Gasteiger partial charge >= 0.3 is 0 Å². The summed E-state index contributed by atoms with van der Waals surface area (Å²) < 4.78 is 1.90. The summed E-state index contributed by atoms with van der Waals surface area (Å²) in [5.41, 5.74) is 2.64. The van der Waals surface area contributed by atoms with Crippen molar-refractivity contribution in [2.45, 2.75) is 0 Å². The van der Waals surface area contributed by atoms with Crippen LogP contribution < -0.4 is 0 Å². The van der Waals surface area contributed by atoms with Crippen LogP contribution in [0, 0.1) is 6.92 Å². The van der Waals surface area contributed by atoms with Crippen LogP contribution in [0.15, 0.2) is 23.8 Å². The maximum atomic E-state index is 3.91. The van der Waals surface area contributed by atoms with E-state index in [0.717, 1.165) is 10.8 Å². The van der Waals surface area contributed by atoms with Crippen LogP contribution in [0.1, 0.15) is 5.69 Å². The summed E-state index contributed by atoms with van der Waals surface area (Å²) in [7, 11) is 0. The zero-order valence-corrected chi connectivity index (χ0v) is 6.58. The number of hydrogen-bond acceptors (Lipinski definition) is 3. The Bertz CT molecular complexity index is 336. The highest BCUT2D eigenvalue weighted by molar-refractivity contribution is 7.11. The van der Waals surface area contributed by atoms with Gasteiger partial charge in [0.25, 0.3) is 0 Å². The van der Waals surface area contributed by atoms with Crippen molar-refractivity contribution in [1.82, 2.24) is 14.8 Å². The molecule has 2 aromatic rings. The van der Waals surface area contributed by atoms with Gasteiger partial charge in [-0.1, -0.05) is 11.3 Å². The van der Waals surface area contributed by atoms with Crippen LogP contribution in [0.5, 0.6) is 0 Å². The van der Waals surface area contributed by atoms with Crippen LogP contribution in [-0.2, 0) is 0 Å². The van der Waals surface area contributed by atoms with Gasteiger partial charge in [0.1, 0.15) is 5.51 Å². The summed E-state index contributed by atoms with van der Waals surface area (Å²) in [5.74, 6) is 0. The highest BCUT2D eigenvalue weighted by Crippen LogP contribution is 2.12. The molecule has 0 aliphatic carbocycles. The maximum absolute atomic E-state index is 3.91. The number of hydrogen-bond donors (Lipinski definition) is 0. The van der Waals surface area contributed by atoms with Crippen molar-refractivity contribution in [2.24, 2.45) is 0 Å². The SMILES string of the molecule is [CH2]c1cccn1-c1nncs1. The van der Waals surface area contributed by atoms with E-state index >= 15 is 0 Å². The molecular formula is C7H6N3S. The maximum Gasteiger partial charge on any atom is 0.216 e. The van der Waals surface area contributed by atoms with Crippen molar-refractivity contribution in [1.29, 1.82) is 0 Å². The van der Waals surface area contributed by atoms with Gasteiger partial charge in [-0.3, -0.25) is 4.57 Å². The molecule has 0 unspecified atom stereocenters. The van der Waals surface area contributed by atoms with E-state index in [1.807, 2.05) is 22.9 Å². The predicted octanol–water partition coefficient (Wildman–Crippen LogP) is 1.51. The Morgan fingerprint density at radius 3 is 3.00 bits per heavy atom. The van der Waals surface area contributed by atoms with E-state index in [2.05, 4.69) is 17.1 Å². The molecule has 0 bridgehead atoms. The minimum absolute atomic E-state index is 0.861. The molecule has 11 heavy (non-hydrogen) atoms. The highest BCUT2D eigenvalue weighted by Gasteiger charge is 2.00. The summed E-state index contributed by atoms with van der Waals surface area (Å²) in [5, 5.41) is 8.51. The van der Waals surface area contributed by atoms with Crippen LogP contribution >= 0.6 is 11.3 Å². The topological polar surface area (TPSA) is 30.7 Å². The van der Waals surface area contributed by atoms with Gasteiger partial charge in [-0.2, -0.15) is 0 Å². The first-order valence-corrected chi connectivity index (χ1v) is 4.02. The average Bonchev–Trinajstić information content (AvgIpc) is 2.55. The summed E-state index contributed by atoms with van der Waals surface area (Å²) in [6, 6.07) is 3.87. The molecule has 4 heteroatoms. The second-order valence-corrected chi connectivity index (χ2v) is 2.90. The van der Waals surface area contributed by atoms with Crippen LogP contribution in [0.3, 0.4) is 0 Å². The minimum Gasteiger partial charge on any atom is -0.296 e. The quantitative estimate of drug-likeness (QED) is 0.639. The summed E-state index contributed by atoms with van der Waals surface area (Å²) in [6.45, 7) is 3.84. The molecule has 0 fully saturated rings. The minimum atomic E-state index is 0.861. The van der Waals surface area contributed by atoms with Gasteiger partial charge in [0.2, 0.25) is 5.13 Å². The van der Waals surface area contributed by atoms with Gasteiger partial charge in [0.15, 0.2) is 0 Å². The molecule has 0 saturated heterocycles. The monoisotopic (exact) mass is 164 g/mol. The number of rotatable bonds is 1. The lowest BCUT2D eigenvalue weighted by molar-refractivity contribution is 0.959. The molecule has 2 rings (SSSR count). The normalized spacial score (nSPS) is 10.3. The fraction of sp³-hybridized carbons (Fsp3) is 0. The van der Waals surface area contributed by atoms with Crippen LogP contribution in [0.2, 0.25) is 0 Å². The molecule has 0 aliphatic rings. The second kappa shape index (κ2) is 2.47. The Hall–Kier alpha value is -1.16. The van der Waals surface area contributed by atoms with E-state index in [0.29, 0.717) is 0 Å². The van der Waals surface area contributed by atoms with Crippen molar-refractivity contribution in [3.05, 3.63) is 36.5 Å². The predicted molar refractivity (Wildman–Crippen MR) is 43.7 cm³/mol. The van der Waals surface area contributed by atoms with Gasteiger partial charge < -0.3 is 0 Å². The Morgan fingerprint density at radius 2 is 2.45 bits per heavy atom. The fourth-order valence-electron chi connectivity index (χ4n) is 0.875. The summed E-state index contributed by atoms with van der Waals surface area (Å²) in [6.07, 6.45) is 1.92. The van der Waals surface area contributed by atoms with Crippen molar-refractivity contribution in [3.8, 4) is 5.13 Å². The van der Waals surface area contributed by atoms with E-state index < -0.39 is 0 Å². The van der Waals surface area contributed by atoms with E-state index in [-0.39, 0.29) is 0 Å². The molecule has 2 aromatic heterocycles. The van der Waals surface area contributed by atoms with Gasteiger partial charge in [-0.15, -0.1) is 10.2 Å². The third-order valence-corrected chi connectivity index (χ3v) is 2.08. The van der Waals surface area contributed by atoms with Crippen molar-refractivity contribution in [2.75, 3.05) is 0 Å². The standard InChI is InChI=1S/C7H6N3S/c1-6-3-2-4-10(6)7-9-8-5-11-7/h2-5H,1H2. The lowest BCUT2D eigenvalue weighted by atomic mass is 10.5. The largest absolute Gasteiger partial charge is 0.296 e. The average molecular weight is 164 g/mol. The van der Waals surface area contributed by atoms with E-state index in [9.17, 15) is 0 Å². The molecule has 55 valence electrons. The Labute approximate surface area is 68.3 Å². The molecule has 3 nitrogen and oxygen atoms in total. The van der Waals surface area contributed by atoms with E-state index in [1.54, 1.807) is 5.51 Å². The van der Waals surface area contributed by atoms with E-state index in [4.69, 9.17) is 0 Å². The molecule has 0 aromatic carbocycles. The zero-order chi connectivity index (χ0) is 7.68. The third kappa shape index (κ3) is 1.05. The van der Waals surface area contributed by atoms with Crippen molar-refractivity contribution < 1.29 is 0 Å². The van der Waals surface area contributed by atoms with Crippen LogP contribution in [0.4, 0.5) is 0 Å². The molecule has 0 saturated carbocycles. The lowest BCUT2D eigenvalue weighted by Gasteiger charge is -1.96. The second-order valence-electron chi connectivity index (χ2n) is 2.09. The first kappa shape index (κ1) is 6.54. The van der Waals surface area contributed by atoms with Crippen molar-refractivity contribution in [3.63, 3.8) is 0 Å². The first-order valence-electron chi connectivity index (χ1n) is 3.14. The molecule has 0 atom stereocenters. The Balaban J connectivity index is 2.53. The molecular weight excluding hydrogens is 158 g/mol. The molecule has 0 N–H and O–H groups in total. The molecule has 0 amide bonds. The van der Waals surface area contributed by atoms with Gasteiger partial charge in [0.05, 0.1) is 0 Å². The Morgan fingerprint density at radius 1 is 1.55 bits per heavy atom. The molecule has 0 aliphatic heterocycles. The number of nitrogens with zero attached hydrogens (tertiary/aromatic N) is 3. The molecule has 2 heterocycles. The first-order chi connectivity index (χ1) is 5.38. The molecule has 1 radical (unpaired) electrons. The van der Waals surface area contributed by atoms with Crippen LogP contribution in [0.25, 0.3) is 5.13 Å². The summed E-state index contributed by atoms with van der Waals surface area (Å²) >= 11 is 1.50. The lowest BCUT2D eigenvalue weighted by Crippen LogP contribution is -1.92. The molecule has 0 spiro atoms. The van der Waals surface area contributed by atoms with Gasteiger partial charge in [-0.05, 0) is 19.1 Å². The van der Waals surface area contributed by atoms with Crippen LogP contribution in [-0.4, -0.2) is 14.8 Å². The van der Waals surface area contributed by atoms with Crippen molar-refractivity contribution >= 4 is 11.3 Å². The third-order valence-electron chi connectivity index (χ3n) is 1.39. The highest BCUT2D eigenvalue weighted by atomic mass is 32.1.